The number of ether oxygens (including phenoxy) is 1. The second-order valence-electron chi connectivity index (χ2n) is 7.59. The number of halogens is 1. The van der Waals surface area contributed by atoms with Gasteiger partial charge in [-0.1, -0.05) is 36.7 Å². The highest BCUT2D eigenvalue weighted by atomic mass is 35.5. The normalized spacial score (nSPS) is 12.0. The number of carbonyl (C=O) groups excluding carboxylic acids is 2. The van der Waals surface area contributed by atoms with Gasteiger partial charge in [0.1, 0.15) is 18.3 Å². The lowest BCUT2D eigenvalue weighted by Crippen LogP contribution is -2.51. The average Bonchev–Trinajstić information content (AvgIpc) is 2.79. The van der Waals surface area contributed by atoms with Gasteiger partial charge in [-0.3, -0.25) is 13.9 Å². The van der Waals surface area contributed by atoms with Crippen LogP contribution in [-0.2, 0) is 26.2 Å². The Morgan fingerprint density at radius 1 is 1.15 bits per heavy atom. The molecule has 8 nitrogen and oxygen atoms in total. The molecule has 0 aliphatic carbocycles. The summed E-state index contributed by atoms with van der Waals surface area (Å²) in [5, 5.41) is 3.34. The van der Waals surface area contributed by atoms with Gasteiger partial charge in [0.15, 0.2) is 0 Å². The topological polar surface area (TPSA) is 96.0 Å². The Balaban J connectivity index is 2.37. The van der Waals surface area contributed by atoms with Crippen LogP contribution in [0.2, 0.25) is 5.02 Å². The summed E-state index contributed by atoms with van der Waals surface area (Å²) in [5.41, 5.74) is 1.05. The molecule has 0 spiro atoms. The summed E-state index contributed by atoms with van der Waals surface area (Å²) in [7, 11) is -2.33. The molecule has 10 heteroatoms. The molecule has 0 aromatic heterocycles. The largest absolute Gasteiger partial charge is 0.497 e. The third-order valence-electron chi connectivity index (χ3n) is 5.00. The fourth-order valence-corrected chi connectivity index (χ4v) is 4.11. The Bertz CT molecular complexity index is 1060. The Hall–Kier alpha value is -2.78. The highest BCUT2D eigenvalue weighted by Gasteiger charge is 2.30. The first-order valence-electron chi connectivity index (χ1n) is 10.5. The maximum absolute atomic E-state index is 13.4. The molecule has 33 heavy (non-hydrogen) atoms. The van der Waals surface area contributed by atoms with Crippen LogP contribution in [0.4, 0.5) is 5.69 Å². The number of benzene rings is 2. The van der Waals surface area contributed by atoms with E-state index in [1.165, 1.54) is 18.1 Å². The summed E-state index contributed by atoms with van der Waals surface area (Å²) >= 11 is 5.96. The number of nitrogens with one attached hydrogen (secondary N) is 1. The van der Waals surface area contributed by atoms with Crippen molar-refractivity contribution in [2.75, 3.05) is 30.8 Å². The van der Waals surface area contributed by atoms with E-state index in [0.717, 1.165) is 22.5 Å². The second-order valence-corrected chi connectivity index (χ2v) is 9.93. The van der Waals surface area contributed by atoms with Gasteiger partial charge in [-0.25, -0.2) is 8.42 Å². The second kappa shape index (κ2) is 11.9. The number of anilines is 1. The van der Waals surface area contributed by atoms with Crippen molar-refractivity contribution in [2.24, 2.45) is 0 Å². The fraction of sp³-hybridized carbons (Fsp3) is 0.391. The third-order valence-corrected chi connectivity index (χ3v) is 6.40. The van der Waals surface area contributed by atoms with Crippen LogP contribution in [0.25, 0.3) is 0 Å². The minimum absolute atomic E-state index is 0.117. The van der Waals surface area contributed by atoms with Gasteiger partial charge in [0.05, 0.1) is 19.1 Å². The summed E-state index contributed by atoms with van der Waals surface area (Å²) in [4.78, 5) is 27.4. The molecule has 2 aromatic rings. The van der Waals surface area contributed by atoms with E-state index in [1.807, 2.05) is 6.92 Å². The molecule has 0 aliphatic heterocycles. The van der Waals surface area contributed by atoms with Crippen molar-refractivity contribution in [1.82, 2.24) is 10.2 Å². The molecule has 1 atom stereocenters. The zero-order valence-corrected chi connectivity index (χ0v) is 20.8. The number of rotatable bonds is 11. The summed E-state index contributed by atoms with van der Waals surface area (Å²) in [6, 6.07) is 12.5. The van der Waals surface area contributed by atoms with Gasteiger partial charge in [0.25, 0.3) is 0 Å². The molecule has 0 aliphatic rings. The Morgan fingerprint density at radius 2 is 1.82 bits per heavy atom. The number of sulfonamides is 1. The lowest BCUT2D eigenvalue weighted by molar-refractivity contribution is -0.139. The van der Waals surface area contributed by atoms with Crippen molar-refractivity contribution < 1.29 is 22.7 Å². The maximum Gasteiger partial charge on any atom is 0.244 e. The number of hydrogen-bond acceptors (Lipinski definition) is 5. The highest BCUT2D eigenvalue weighted by Crippen LogP contribution is 2.24. The van der Waals surface area contributed by atoms with Gasteiger partial charge in [0.2, 0.25) is 21.8 Å². The lowest BCUT2D eigenvalue weighted by atomic mass is 10.1. The summed E-state index contributed by atoms with van der Waals surface area (Å²) in [5.74, 6) is -0.372. The summed E-state index contributed by atoms with van der Waals surface area (Å²) in [6.07, 6.45) is 1.78. The first kappa shape index (κ1) is 26.5. The summed E-state index contributed by atoms with van der Waals surface area (Å²) < 4.78 is 31.3. The molecule has 2 amide bonds. The standard InChI is InChI=1S/C23H30ClN3O5S/c1-5-13-25-23(29)17(2)26(15-18-9-11-19(24)12-10-18)22(28)16-27(33(4,30)31)20-7-6-8-21(14-20)32-3/h6-12,14,17H,5,13,15-16H2,1-4H3,(H,25,29)/t17-/m0/s1. The van der Waals surface area contributed by atoms with Crippen LogP contribution in [0.5, 0.6) is 5.75 Å². The van der Waals surface area contributed by atoms with Gasteiger partial charge in [-0.05, 0) is 43.2 Å². The van der Waals surface area contributed by atoms with E-state index in [0.29, 0.717) is 23.0 Å². The van der Waals surface area contributed by atoms with E-state index < -0.39 is 28.5 Å². The van der Waals surface area contributed by atoms with Crippen LogP contribution in [-0.4, -0.2) is 57.6 Å². The predicted molar refractivity (Wildman–Crippen MR) is 130 cm³/mol. The van der Waals surface area contributed by atoms with Crippen molar-refractivity contribution >= 4 is 39.1 Å². The molecule has 1 N–H and O–H groups in total. The first-order valence-corrected chi connectivity index (χ1v) is 12.7. The predicted octanol–water partition coefficient (Wildman–Crippen LogP) is 3.06. The van der Waals surface area contributed by atoms with Crippen LogP contribution >= 0.6 is 11.6 Å². The Kier molecular flexibility index (Phi) is 9.55. The van der Waals surface area contributed by atoms with E-state index in [9.17, 15) is 18.0 Å². The molecule has 0 bridgehead atoms. The van der Waals surface area contributed by atoms with E-state index in [1.54, 1.807) is 49.4 Å². The number of amides is 2. The molecule has 0 fully saturated rings. The van der Waals surface area contributed by atoms with Crippen molar-refractivity contribution in [1.29, 1.82) is 0 Å². The van der Waals surface area contributed by atoms with Crippen LogP contribution in [0, 0.1) is 0 Å². The SMILES string of the molecule is CCCNC(=O)[C@H](C)N(Cc1ccc(Cl)cc1)C(=O)CN(c1cccc(OC)c1)S(C)(=O)=O. The highest BCUT2D eigenvalue weighted by molar-refractivity contribution is 7.92. The van der Waals surface area contributed by atoms with Gasteiger partial charge >= 0.3 is 0 Å². The summed E-state index contributed by atoms with van der Waals surface area (Å²) in [6.45, 7) is 3.68. The van der Waals surface area contributed by atoms with E-state index in [4.69, 9.17) is 16.3 Å². The van der Waals surface area contributed by atoms with Gasteiger partial charge in [-0.15, -0.1) is 0 Å². The fourth-order valence-electron chi connectivity index (χ4n) is 3.14. The third kappa shape index (κ3) is 7.64. The molecular formula is C23H30ClN3O5S. The smallest absolute Gasteiger partial charge is 0.244 e. The van der Waals surface area contributed by atoms with E-state index in [-0.39, 0.29) is 12.5 Å². The lowest BCUT2D eigenvalue weighted by Gasteiger charge is -2.31. The number of nitrogens with zero attached hydrogens (tertiary/aromatic N) is 2. The minimum atomic E-state index is -3.80. The Morgan fingerprint density at radius 3 is 2.39 bits per heavy atom. The van der Waals surface area contributed by atoms with Crippen LogP contribution in [0.3, 0.4) is 0 Å². The zero-order chi connectivity index (χ0) is 24.6. The van der Waals surface area contributed by atoms with Crippen molar-refractivity contribution in [2.45, 2.75) is 32.9 Å². The van der Waals surface area contributed by atoms with Crippen LogP contribution in [0.15, 0.2) is 48.5 Å². The van der Waals surface area contributed by atoms with Crippen molar-refractivity contribution in [3.63, 3.8) is 0 Å². The molecule has 0 saturated carbocycles. The average molecular weight is 496 g/mol. The van der Waals surface area contributed by atoms with Crippen LogP contribution < -0.4 is 14.4 Å². The van der Waals surface area contributed by atoms with Crippen molar-refractivity contribution in [3.8, 4) is 5.75 Å². The van der Waals surface area contributed by atoms with Gasteiger partial charge in [-0.2, -0.15) is 0 Å². The van der Waals surface area contributed by atoms with E-state index >= 15 is 0 Å². The molecule has 0 unspecified atom stereocenters. The minimum Gasteiger partial charge on any atom is -0.497 e. The first-order chi connectivity index (χ1) is 15.6. The number of methoxy groups -OCH3 is 1. The zero-order valence-electron chi connectivity index (χ0n) is 19.2. The molecule has 0 heterocycles. The number of hydrogen-bond donors (Lipinski definition) is 1. The van der Waals surface area contributed by atoms with Gasteiger partial charge in [0, 0.05) is 24.2 Å². The monoisotopic (exact) mass is 495 g/mol. The quantitative estimate of drug-likeness (QED) is 0.517. The molecule has 2 aromatic carbocycles. The van der Waals surface area contributed by atoms with E-state index in [2.05, 4.69) is 5.32 Å². The van der Waals surface area contributed by atoms with Crippen molar-refractivity contribution in [3.05, 3.63) is 59.1 Å². The molecule has 180 valence electrons. The molecular weight excluding hydrogens is 466 g/mol. The van der Waals surface area contributed by atoms with Crippen LogP contribution in [0.1, 0.15) is 25.8 Å². The molecule has 0 radical (unpaired) electrons. The molecule has 0 saturated heterocycles. The molecule has 2 rings (SSSR count). The Labute approximate surface area is 200 Å². The maximum atomic E-state index is 13.4. The number of carbonyl (C=O) groups is 2. The van der Waals surface area contributed by atoms with Gasteiger partial charge < -0.3 is 15.0 Å².